The van der Waals surface area contributed by atoms with E-state index in [1.807, 2.05) is 6.07 Å². The van der Waals surface area contributed by atoms with Gasteiger partial charge in [0, 0.05) is 37.8 Å². The largest absolute Gasteiger partial charge is 0.381 e. The summed E-state index contributed by atoms with van der Waals surface area (Å²) in [6.45, 7) is 3.86. The first kappa shape index (κ1) is 24.6. The summed E-state index contributed by atoms with van der Waals surface area (Å²) in [5, 5.41) is 3.37. The van der Waals surface area contributed by atoms with Gasteiger partial charge in [-0.3, -0.25) is 14.8 Å². The van der Waals surface area contributed by atoms with Crippen LogP contribution in [0, 0.1) is 11.7 Å². The summed E-state index contributed by atoms with van der Waals surface area (Å²) in [6, 6.07) is 6.74. The number of aromatic nitrogens is 2. The number of fused-ring (bicyclic) bond motifs is 1. The van der Waals surface area contributed by atoms with Gasteiger partial charge in [0.2, 0.25) is 0 Å². The van der Waals surface area contributed by atoms with Crippen LogP contribution in [-0.4, -0.2) is 48.2 Å². The number of nitrogens with two attached hydrogens (primary N) is 1. The number of carbonyl (C=O) groups excluding carboxylic acids is 1. The fraction of sp³-hybridized carbons (Fsp3) is 0.464. The van der Waals surface area contributed by atoms with E-state index >= 15 is 0 Å². The Morgan fingerprint density at radius 3 is 2.72 bits per heavy atom. The van der Waals surface area contributed by atoms with Crippen molar-refractivity contribution in [2.24, 2.45) is 11.7 Å². The molecular weight excluding hydrogens is 457 g/mol. The van der Waals surface area contributed by atoms with Crippen LogP contribution in [0.1, 0.15) is 60.9 Å². The van der Waals surface area contributed by atoms with Crippen LogP contribution in [0.25, 0.3) is 10.9 Å². The first-order valence-corrected chi connectivity index (χ1v) is 12.8. The molecule has 190 valence electrons. The van der Waals surface area contributed by atoms with Crippen LogP contribution in [0.15, 0.2) is 42.9 Å². The fourth-order valence-corrected chi connectivity index (χ4v) is 5.85. The molecule has 2 aliphatic rings. The minimum absolute atomic E-state index is 0.148. The number of pyridine rings is 2. The molecule has 3 aromatic rings. The van der Waals surface area contributed by atoms with Gasteiger partial charge in [0.15, 0.2) is 0 Å². The monoisotopic (exact) mass is 491 g/mol. The molecule has 1 aliphatic heterocycles. The van der Waals surface area contributed by atoms with Gasteiger partial charge in [0.25, 0.3) is 5.91 Å². The third kappa shape index (κ3) is 5.06. The lowest BCUT2D eigenvalue weighted by Gasteiger charge is -2.32. The molecule has 2 fully saturated rings. The Hall–Kier alpha value is -3.10. The molecule has 3 heterocycles. The number of amides is 1. The summed E-state index contributed by atoms with van der Waals surface area (Å²) >= 11 is 0. The van der Waals surface area contributed by atoms with Gasteiger partial charge in [0.1, 0.15) is 5.82 Å². The Morgan fingerprint density at radius 1 is 1.17 bits per heavy atom. The van der Waals surface area contributed by atoms with Crippen molar-refractivity contribution in [1.82, 2.24) is 9.97 Å². The van der Waals surface area contributed by atoms with E-state index in [0.717, 1.165) is 56.4 Å². The Morgan fingerprint density at radius 2 is 1.97 bits per heavy atom. The molecule has 1 saturated carbocycles. The van der Waals surface area contributed by atoms with Gasteiger partial charge in [0.05, 0.1) is 41.0 Å². The summed E-state index contributed by atoms with van der Waals surface area (Å²) in [7, 11) is 1.74. The van der Waals surface area contributed by atoms with Gasteiger partial charge >= 0.3 is 0 Å². The van der Waals surface area contributed by atoms with Crippen molar-refractivity contribution in [3.05, 3.63) is 59.8 Å². The molecule has 1 aliphatic carbocycles. The number of nitrogens with zero attached hydrogens (tertiary/aromatic N) is 3. The Bertz CT molecular complexity index is 1230. The average Bonchev–Trinajstić information content (AvgIpc) is 2.88. The maximum absolute atomic E-state index is 14.9. The third-order valence-electron chi connectivity index (χ3n) is 7.69. The van der Waals surface area contributed by atoms with E-state index in [-0.39, 0.29) is 24.0 Å². The summed E-state index contributed by atoms with van der Waals surface area (Å²) in [6.07, 6.45) is 10.2. The predicted molar refractivity (Wildman–Crippen MR) is 140 cm³/mol. The quantitative estimate of drug-likeness (QED) is 0.529. The van der Waals surface area contributed by atoms with Gasteiger partial charge in [-0.2, -0.15) is 0 Å². The lowest BCUT2D eigenvalue weighted by molar-refractivity contribution is 0.0819. The van der Waals surface area contributed by atoms with E-state index in [4.69, 9.17) is 10.5 Å². The first-order chi connectivity index (χ1) is 17.4. The molecule has 2 aromatic heterocycles. The molecule has 3 unspecified atom stereocenters. The molecule has 5 rings (SSSR count). The molecule has 8 heteroatoms. The number of nitrogens with one attached hydrogen (secondary N) is 1. The standard InChI is InChI=1S/C28H34FN5O2/c1-17-11-18(13-19(30)12-17)22-5-8-31-16-26(22)33-28(35)23-3-4-25(29)24-14-20(15-32-27(23)24)34-9-6-21(36-2)7-10-34/h3-5,8,14-19,21H,6-7,9-13,30H2,1-2H3,(H,33,35). The number of hydrogen-bond donors (Lipinski definition) is 2. The normalized spacial score (nSPS) is 23.1. The first-order valence-electron chi connectivity index (χ1n) is 12.8. The van der Waals surface area contributed by atoms with E-state index in [0.29, 0.717) is 28.1 Å². The highest BCUT2D eigenvalue weighted by Gasteiger charge is 2.28. The van der Waals surface area contributed by atoms with E-state index in [1.54, 1.807) is 31.8 Å². The molecular formula is C28H34FN5O2. The fourth-order valence-electron chi connectivity index (χ4n) is 5.85. The maximum Gasteiger partial charge on any atom is 0.257 e. The van der Waals surface area contributed by atoms with Crippen molar-refractivity contribution < 1.29 is 13.9 Å². The van der Waals surface area contributed by atoms with Crippen molar-refractivity contribution in [2.45, 2.75) is 57.1 Å². The zero-order valence-electron chi connectivity index (χ0n) is 20.9. The SMILES string of the molecule is COC1CCN(c2cnc3c(C(=O)Nc4cnccc4C4CC(C)CC(N)C4)ccc(F)c3c2)CC1. The number of ether oxygens (including phenoxy) is 1. The Balaban J connectivity index is 1.41. The Labute approximate surface area is 211 Å². The lowest BCUT2D eigenvalue weighted by atomic mass is 9.76. The van der Waals surface area contributed by atoms with Crippen LogP contribution < -0.4 is 16.0 Å². The highest BCUT2D eigenvalue weighted by molar-refractivity contribution is 6.12. The smallest absolute Gasteiger partial charge is 0.257 e. The number of rotatable bonds is 5. The van der Waals surface area contributed by atoms with Gasteiger partial charge in [-0.15, -0.1) is 0 Å². The maximum atomic E-state index is 14.9. The van der Waals surface area contributed by atoms with Crippen LogP contribution in [0.2, 0.25) is 0 Å². The van der Waals surface area contributed by atoms with E-state index in [1.165, 1.54) is 12.1 Å². The van der Waals surface area contributed by atoms with Crippen molar-refractivity contribution in [1.29, 1.82) is 0 Å². The van der Waals surface area contributed by atoms with Gasteiger partial charge < -0.3 is 20.7 Å². The highest BCUT2D eigenvalue weighted by atomic mass is 19.1. The van der Waals surface area contributed by atoms with Gasteiger partial charge in [-0.25, -0.2) is 4.39 Å². The van der Waals surface area contributed by atoms with Crippen LogP contribution >= 0.6 is 0 Å². The minimum Gasteiger partial charge on any atom is -0.381 e. The van der Waals surface area contributed by atoms with E-state index in [9.17, 15) is 9.18 Å². The molecule has 1 amide bonds. The summed E-state index contributed by atoms with van der Waals surface area (Å²) < 4.78 is 20.3. The van der Waals surface area contributed by atoms with Crippen molar-refractivity contribution in [2.75, 3.05) is 30.4 Å². The molecule has 1 saturated heterocycles. The summed E-state index contributed by atoms with van der Waals surface area (Å²) in [4.78, 5) is 24.4. The second kappa shape index (κ2) is 10.5. The predicted octanol–water partition coefficient (Wildman–Crippen LogP) is 4.87. The van der Waals surface area contributed by atoms with Crippen LogP contribution in [0.4, 0.5) is 15.8 Å². The number of anilines is 2. The number of benzene rings is 1. The molecule has 0 radical (unpaired) electrons. The topological polar surface area (TPSA) is 93.4 Å². The number of halogens is 1. The summed E-state index contributed by atoms with van der Waals surface area (Å²) in [5.74, 6) is 0.0589. The molecule has 36 heavy (non-hydrogen) atoms. The van der Waals surface area contributed by atoms with Crippen LogP contribution in [0.5, 0.6) is 0 Å². The van der Waals surface area contributed by atoms with Crippen LogP contribution in [0.3, 0.4) is 0 Å². The average molecular weight is 492 g/mol. The molecule has 0 spiro atoms. The molecule has 3 atom stereocenters. The molecule has 7 nitrogen and oxygen atoms in total. The zero-order valence-corrected chi connectivity index (χ0v) is 20.9. The lowest BCUT2D eigenvalue weighted by Crippen LogP contribution is -2.36. The van der Waals surface area contributed by atoms with E-state index < -0.39 is 5.82 Å². The highest BCUT2D eigenvalue weighted by Crippen LogP contribution is 2.38. The number of hydrogen-bond acceptors (Lipinski definition) is 6. The Kier molecular flexibility index (Phi) is 7.16. The molecule has 3 N–H and O–H groups in total. The third-order valence-corrected chi connectivity index (χ3v) is 7.69. The van der Waals surface area contributed by atoms with Gasteiger partial charge in [-0.05, 0) is 73.8 Å². The number of methoxy groups -OCH3 is 1. The van der Waals surface area contributed by atoms with Crippen molar-refractivity contribution in [3.63, 3.8) is 0 Å². The van der Waals surface area contributed by atoms with Gasteiger partial charge in [-0.1, -0.05) is 6.92 Å². The molecule has 1 aromatic carbocycles. The van der Waals surface area contributed by atoms with E-state index in [2.05, 4.69) is 27.1 Å². The van der Waals surface area contributed by atoms with Crippen molar-refractivity contribution >= 4 is 28.2 Å². The number of piperidine rings is 1. The van der Waals surface area contributed by atoms with Crippen LogP contribution in [-0.2, 0) is 4.74 Å². The molecule has 0 bridgehead atoms. The van der Waals surface area contributed by atoms with Crippen molar-refractivity contribution in [3.8, 4) is 0 Å². The second-order valence-corrected chi connectivity index (χ2v) is 10.3. The zero-order chi connectivity index (χ0) is 25.2. The number of carbonyl (C=O) groups is 1. The second-order valence-electron chi connectivity index (χ2n) is 10.3. The summed E-state index contributed by atoms with van der Waals surface area (Å²) in [5.41, 5.74) is 9.54. The minimum atomic E-state index is -0.394.